The van der Waals surface area contributed by atoms with Gasteiger partial charge in [0.15, 0.2) is 6.10 Å². The number of hydrogen-bond acceptors (Lipinski definition) is 4. The van der Waals surface area contributed by atoms with Gasteiger partial charge in [-0.05, 0) is 49.4 Å². The van der Waals surface area contributed by atoms with E-state index in [1.165, 1.54) is 13.0 Å². The Balaban J connectivity index is 1.66. The molecule has 0 aliphatic heterocycles. The zero-order valence-electron chi connectivity index (χ0n) is 16.2. The van der Waals surface area contributed by atoms with E-state index >= 15 is 0 Å². The van der Waals surface area contributed by atoms with Crippen molar-refractivity contribution in [2.75, 3.05) is 16.8 Å². The first-order valence-electron chi connectivity index (χ1n) is 9.27. The summed E-state index contributed by atoms with van der Waals surface area (Å²) in [7, 11) is 0. The summed E-state index contributed by atoms with van der Waals surface area (Å²) in [6.45, 7) is 1.46. The maximum Gasteiger partial charge on any atom is 0.326 e. The van der Waals surface area contributed by atoms with Crippen LogP contribution in [0.4, 0.5) is 17.1 Å². The molecule has 0 saturated carbocycles. The Morgan fingerprint density at radius 1 is 0.933 bits per heavy atom. The van der Waals surface area contributed by atoms with Crippen LogP contribution in [0.1, 0.15) is 6.92 Å². The number of ether oxygens (including phenoxy) is 1. The van der Waals surface area contributed by atoms with Crippen molar-refractivity contribution in [2.45, 2.75) is 13.0 Å². The molecule has 0 fully saturated rings. The molecule has 1 unspecified atom stereocenters. The average molecular weight is 443 g/mol. The number of para-hydroxylation sites is 2. The third-order valence-corrected chi connectivity index (χ3v) is 4.84. The number of nitrogens with zero attached hydrogens (tertiary/aromatic N) is 1. The van der Waals surface area contributed by atoms with Crippen molar-refractivity contribution >= 4 is 52.1 Å². The minimum Gasteiger partial charge on any atom is -0.451 e. The summed E-state index contributed by atoms with van der Waals surface area (Å²) in [5.41, 5.74) is 2.07. The number of amides is 1. The largest absolute Gasteiger partial charge is 0.451 e. The van der Waals surface area contributed by atoms with E-state index in [9.17, 15) is 9.59 Å². The smallest absolute Gasteiger partial charge is 0.326 e. The predicted octanol–water partition coefficient (Wildman–Crippen LogP) is 5.70. The maximum absolute atomic E-state index is 12.6. The van der Waals surface area contributed by atoms with Gasteiger partial charge in [0.25, 0.3) is 5.91 Å². The molecule has 1 amide bonds. The molecule has 3 aromatic carbocycles. The first-order chi connectivity index (χ1) is 14.4. The number of benzene rings is 3. The first-order valence-corrected chi connectivity index (χ1v) is 10.0. The van der Waals surface area contributed by atoms with Gasteiger partial charge in [0.1, 0.15) is 6.54 Å². The van der Waals surface area contributed by atoms with Gasteiger partial charge in [-0.3, -0.25) is 9.59 Å². The molecular weight excluding hydrogens is 423 g/mol. The minimum atomic E-state index is -1.00. The molecule has 0 aliphatic carbocycles. The molecule has 0 aliphatic rings. The average Bonchev–Trinajstić information content (AvgIpc) is 2.75. The van der Waals surface area contributed by atoms with Crippen LogP contribution in [0.2, 0.25) is 10.0 Å². The van der Waals surface area contributed by atoms with Gasteiger partial charge in [0, 0.05) is 16.4 Å². The number of anilines is 3. The lowest BCUT2D eigenvalue weighted by Crippen LogP contribution is -2.34. The zero-order valence-corrected chi connectivity index (χ0v) is 17.7. The molecule has 5 nitrogen and oxygen atoms in total. The summed E-state index contributed by atoms with van der Waals surface area (Å²) in [5.74, 6) is -1.02. The van der Waals surface area contributed by atoms with E-state index in [0.29, 0.717) is 15.7 Å². The maximum atomic E-state index is 12.6. The zero-order chi connectivity index (χ0) is 21.5. The number of rotatable bonds is 7. The van der Waals surface area contributed by atoms with Crippen molar-refractivity contribution in [2.24, 2.45) is 0 Å². The van der Waals surface area contributed by atoms with Gasteiger partial charge in [0.05, 0.1) is 10.7 Å². The van der Waals surface area contributed by atoms with Gasteiger partial charge >= 0.3 is 5.97 Å². The molecule has 0 radical (unpaired) electrons. The second kappa shape index (κ2) is 10.1. The molecule has 7 heteroatoms. The lowest BCUT2D eigenvalue weighted by molar-refractivity contribution is -0.151. The number of carbonyl (C=O) groups is 2. The Kier molecular flexibility index (Phi) is 7.33. The van der Waals surface area contributed by atoms with Crippen molar-refractivity contribution in [3.8, 4) is 0 Å². The Bertz CT molecular complexity index is 974. The van der Waals surface area contributed by atoms with Gasteiger partial charge in [-0.2, -0.15) is 0 Å². The Morgan fingerprint density at radius 3 is 2.03 bits per heavy atom. The molecule has 3 aromatic rings. The highest BCUT2D eigenvalue weighted by molar-refractivity contribution is 6.36. The molecule has 1 N–H and O–H groups in total. The lowest BCUT2D eigenvalue weighted by Gasteiger charge is -2.24. The second-order valence-electron chi connectivity index (χ2n) is 6.50. The van der Waals surface area contributed by atoms with E-state index in [0.717, 1.165) is 11.4 Å². The normalized spacial score (nSPS) is 11.4. The SMILES string of the molecule is CC(OC(=O)CN(c1ccccc1)c1ccccc1)C(=O)Nc1ccc(Cl)cc1Cl. The number of nitrogens with one attached hydrogen (secondary N) is 1. The molecule has 0 aromatic heterocycles. The highest BCUT2D eigenvalue weighted by atomic mass is 35.5. The van der Waals surface area contributed by atoms with Crippen molar-refractivity contribution in [1.82, 2.24) is 0 Å². The molecule has 0 bridgehead atoms. The van der Waals surface area contributed by atoms with E-state index < -0.39 is 18.0 Å². The van der Waals surface area contributed by atoms with Crippen LogP contribution in [0, 0.1) is 0 Å². The van der Waals surface area contributed by atoms with Gasteiger partial charge in [0.2, 0.25) is 0 Å². The summed E-state index contributed by atoms with van der Waals surface area (Å²) in [5, 5.41) is 3.40. The monoisotopic (exact) mass is 442 g/mol. The Hall–Kier alpha value is -3.02. The van der Waals surface area contributed by atoms with E-state index in [1.54, 1.807) is 12.1 Å². The second-order valence-corrected chi connectivity index (χ2v) is 7.35. The third kappa shape index (κ3) is 5.75. The van der Waals surface area contributed by atoms with Crippen LogP contribution in [0.5, 0.6) is 0 Å². The fraction of sp³-hybridized carbons (Fsp3) is 0.130. The summed E-state index contributed by atoms with van der Waals surface area (Å²) in [6, 6.07) is 23.7. The number of hydrogen-bond donors (Lipinski definition) is 1. The van der Waals surface area contributed by atoms with Crippen molar-refractivity contribution in [3.05, 3.63) is 88.9 Å². The molecule has 30 heavy (non-hydrogen) atoms. The molecule has 1 atom stereocenters. The summed E-state index contributed by atoms with van der Waals surface area (Å²) < 4.78 is 5.36. The molecular formula is C23H20Cl2N2O3. The van der Waals surface area contributed by atoms with Crippen molar-refractivity contribution in [3.63, 3.8) is 0 Å². The van der Waals surface area contributed by atoms with Gasteiger partial charge < -0.3 is 15.0 Å². The third-order valence-electron chi connectivity index (χ3n) is 4.29. The van der Waals surface area contributed by atoms with E-state index in [-0.39, 0.29) is 6.54 Å². The van der Waals surface area contributed by atoms with Crippen LogP contribution in [0.25, 0.3) is 0 Å². The molecule has 3 rings (SSSR count). The van der Waals surface area contributed by atoms with E-state index in [2.05, 4.69) is 5.32 Å². The highest BCUT2D eigenvalue weighted by Gasteiger charge is 2.21. The van der Waals surface area contributed by atoms with E-state index in [1.807, 2.05) is 65.6 Å². The highest BCUT2D eigenvalue weighted by Crippen LogP contribution is 2.26. The van der Waals surface area contributed by atoms with Crippen LogP contribution in [0.3, 0.4) is 0 Å². The molecule has 0 spiro atoms. The van der Waals surface area contributed by atoms with Crippen molar-refractivity contribution in [1.29, 1.82) is 0 Å². The van der Waals surface area contributed by atoms with Crippen LogP contribution in [-0.4, -0.2) is 24.5 Å². The van der Waals surface area contributed by atoms with E-state index in [4.69, 9.17) is 27.9 Å². The summed E-state index contributed by atoms with van der Waals surface area (Å²) in [4.78, 5) is 26.8. The van der Waals surface area contributed by atoms with Crippen molar-refractivity contribution < 1.29 is 14.3 Å². The fourth-order valence-electron chi connectivity index (χ4n) is 2.79. The van der Waals surface area contributed by atoms with Crippen LogP contribution in [-0.2, 0) is 14.3 Å². The quantitative estimate of drug-likeness (QED) is 0.476. The van der Waals surface area contributed by atoms with Crippen LogP contribution < -0.4 is 10.2 Å². The molecule has 0 heterocycles. The topological polar surface area (TPSA) is 58.6 Å². The van der Waals surface area contributed by atoms with Gasteiger partial charge in [-0.1, -0.05) is 59.6 Å². The number of esters is 1. The Morgan fingerprint density at radius 2 is 1.50 bits per heavy atom. The molecule has 0 saturated heterocycles. The Labute approximate surface area is 185 Å². The lowest BCUT2D eigenvalue weighted by atomic mass is 10.2. The minimum absolute atomic E-state index is 0.0483. The number of halogens is 2. The predicted molar refractivity (Wildman–Crippen MR) is 121 cm³/mol. The first kappa shape index (κ1) is 21.7. The fourth-order valence-corrected chi connectivity index (χ4v) is 3.25. The summed E-state index contributed by atoms with van der Waals surface area (Å²) in [6.07, 6.45) is -1.00. The standard InChI is InChI=1S/C23H20Cl2N2O3/c1-16(23(29)26-21-13-12-17(24)14-20(21)25)30-22(28)15-27(18-8-4-2-5-9-18)19-10-6-3-7-11-19/h2-14,16H,15H2,1H3,(H,26,29). The van der Waals surface area contributed by atoms with Gasteiger partial charge in [-0.25, -0.2) is 0 Å². The van der Waals surface area contributed by atoms with Gasteiger partial charge in [-0.15, -0.1) is 0 Å². The molecule has 154 valence electrons. The number of carbonyl (C=O) groups excluding carboxylic acids is 2. The van der Waals surface area contributed by atoms with Crippen LogP contribution >= 0.6 is 23.2 Å². The summed E-state index contributed by atoms with van der Waals surface area (Å²) >= 11 is 11.9. The van der Waals surface area contributed by atoms with Crippen LogP contribution in [0.15, 0.2) is 78.9 Å².